The Morgan fingerprint density at radius 1 is 1.11 bits per heavy atom. The van der Waals surface area contributed by atoms with Crippen molar-refractivity contribution in [2.24, 2.45) is 0 Å². The van der Waals surface area contributed by atoms with Crippen LogP contribution in [0.25, 0.3) is 5.69 Å². The summed E-state index contributed by atoms with van der Waals surface area (Å²) < 4.78 is 12.7. The second-order valence-electron chi connectivity index (χ2n) is 5.41. The Bertz CT molecular complexity index is 885. The van der Waals surface area contributed by atoms with Crippen LogP contribution in [0.3, 0.4) is 0 Å². The van der Waals surface area contributed by atoms with Crippen molar-refractivity contribution in [2.45, 2.75) is 18.7 Å². The number of rotatable bonds is 8. The van der Waals surface area contributed by atoms with E-state index in [0.717, 1.165) is 5.69 Å². The van der Waals surface area contributed by atoms with Gasteiger partial charge in [-0.2, -0.15) is 0 Å². The van der Waals surface area contributed by atoms with E-state index in [1.54, 1.807) is 31.2 Å². The Morgan fingerprint density at radius 2 is 1.85 bits per heavy atom. The van der Waals surface area contributed by atoms with Crippen molar-refractivity contribution in [3.05, 3.63) is 65.4 Å². The molecule has 8 heteroatoms. The highest BCUT2D eigenvalue weighted by molar-refractivity contribution is 7.99. The lowest BCUT2D eigenvalue weighted by atomic mass is 10.3. The van der Waals surface area contributed by atoms with Crippen LogP contribution in [0.4, 0.5) is 0 Å². The normalized spacial score (nSPS) is 10.6. The first-order chi connectivity index (χ1) is 13.2. The van der Waals surface area contributed by atoms with Crippen LogP contribution in [0.1, 0.15) is 12.7 Å². The first-order valence-corrected chi connectivity index (χ1v) is 9.70. The Hall–Kier alpha value is -2.51. The number of esters is 1. The number of carbonyl (C=O) groups is 1. The molecule has 0 amide bonds. The third-order valence-electron chi connectivity index (χ3n) is 3.52. The summed E-state index contributed by atoms with van der Waals surface area (Å²) in [4.78, 5) is 11.7. The van der Waals surface area contributed by atoms with Gasteiger partial charge in [0.2, 0.25) is 0 Å². The van der Waals surface area contributed by atoms with E-state index in [9.17, 15) is 4.79 Å². The molecule has 0 N–H and O–H groups in total. The zero-order chi connectivity index (χ0) is 19.1. The van der Waals surface area contributed by atoms with E-state index in [2.05, 4.69) is 10.2 Å². The maximum Gasteiger partial charge on any atom is 0.316 e. The molecule has 0 atom stereocenters. The van der Waals surface area contributed by atoms with Gasteiger partial charge in [0.05, 0.1) is 12.4 Å². The van der Waals surface area contributed by atoms with Gasteiger partial charge in [-0.05, 0) is 43.3 Å². The number of hydrogen-bond acceptors (Lipinski definition) is 6. The monoisotopic (exact) mass is 403 g/mol. The van der Waals surface area contributed by atoms with Gasteiger partial charge < -0.3 is 9.47 Å². The maximum atomic E-state index is 11.7. The Morgan fingerprint density at radius 3 is 2.56 bits per heavy atom. The lowest BCUT2D eigenvalue weighted by Gasteiger charge is -2.11. The van der Waals surface area contributed by atoms with Crippen LogP contribution in [0.5, 0.6) is 5.75 Å². The van der Waals surface area contributed by atoms with Crippen LogP contribution in [-0.2, 0) is 16.1 Å². The molecule has 1 heterocycles. The van der Waals surface area contributed by atoms with E-state index in [-0.39, 0.29) is 18.3 Å². The second kappa shape index (κ2) is 9.43. The van der Waals surface area contributed by atoms with E-state index in [1.807, 2.05) is 34.9 Å². The fourth-order valence-electron chi connectivity index (χ4n) is 2.33. The molecule has 3 rings (SSSR count). The minimum atomic E-state index is -0.288. The standard InChI is InChI=1S/C19H18ClN3O3S/c1-2-25-18(24)13-27-19-22-21-17(23(19)15-6-4-3-5-7-15)12-26-16-10-8-14(20)9-11-16/h3-11H,2,12-13H2,1H3. The van der Waals surface area contributed by atoms with Crippen molar-refractivity contribution in [1.29, 1.82) is 0 Å². The van der Waals surface area contributed by atoms with Gasteiger partial charge in [0.15, 0.2) is 11.0 Å². The van der Waals surface area contributed by atoms with Crippen LogP contribution in [-0.4, -0.2) is 33.1 Å². The fraction of sp³-hybridized carbons (Fsp3) is 0.211. The number of aromatic nitrogens is 3. The van der Waals surface area contributed by atoms with Crippen molar-refractivity contribution < 1.29 is 14.3 Å². The number of nitrogens with zero attached hydrogens (tertiary/aromatic N) is 3. The summed E-state index contributed by atoms with van der Waals surface area (Å²) in [6.07, 6.45) is 0. The fourth-order valence-corrected chi connectivity index (χ4v) is 3.22. The molecule has 0 unspecified atom stereocenters. The van der Waals surface area contributed by atoms with E-state index in [1.165, 1.54) is 11.8 Å². The van der Waals surface area contributed by atoms with Crippen LogP contribution in [0.2, 0.25) is 5.02 Å². The number of hydrogen-bond donors (Lipinski definition) is 0. The minimum absolute atomic E-state index is 0.164. The molecule has 0 saturated carbocycles. The first-order valence-electron chi connectivity index (χ1n) is 8.34. The molecule has 140 valence electrons. The molecular formula is C19H18ClN3O3S. The maximum absolute atomic E-state index is 11.7. The number of benzene rings is 2. The number of ether oxygens (including phenoxy) is 2. The molecule has 2 aromatic carbocycles. The highest BCUT2D eigenvalue weighted by atomic mass is 35.5. The second-order valence-corrected chi connectivity index (χ2v) is 6.78. The van der Waals surface area contributed by atoms with E-state index >= 15 is 0 Å². The lowest BCUT2D eigenvalue weighted by molar-refractivity contribution is -0.139. The Labute approximate surface area is 166 Å². The molecule has 3 aromatic rings. The van der Waals surface area contributed by atoms with Gasteiger partial charge in [-0.15, -0.1) is 10.2 Å². The Balaban J connectivity index is 1.80. The van der Waals surface area contributed by atoms with Gasteiger partial charge in [-0.25, -0.2) is 0 Å². The molecule has 6 nitrogen and oxygen atoms in total. The summed E-state index contributed by atoms with van der Waals surface area (Å²) in [5.41, 5.74) is 0.892. The molecule has 0 aliphatic heterocycles. The number of thioether (sulfide) groups is 1. The molecule has 0 bridgehead atoms. The molecule has 0 saturated heterocycles. The number of carbonyl (C=O) groups excluding carboxylic acids is 1. The van der Waals surface area contributed by atoms with Crippen molar-refractivity contribution in [2.75, 3.05) is 12.4 Å². The molecule has 27 heavy (non-hydrogen) atoms. The van der Waals surface area contributed by atoms with Gasteiger partial charge in [-0.3, -0.25) is 9.36 Å². The molecule has 0 spiro atoms. The molecule has 0 aliphatic rings. The zero-order valence-electron chi connectivity index (χ0n) is 14.7. The van der Waals surface area contributed by atoms with Crippen LogP contribution in [0, 0.1) is 0 Å². The zero-order valence-corrected chi connectivity index (χ0v) is 16.2. The summed E-state index contributed by atoms with van der Waals surface area (Å²) >= 11 is 7.17. The summed E-state index contributed by atoms with van der Waals surface area (Å²) in [6, 6.07) is 16.8. The van der Waals surface area contributed by atoms with Crippen LogP contribution < -0.4 is 4.74 Å². The van der Waals surface area contributed by atoms with Crippen LogP contribution >= 0.6 is 23.4 Å². The summed E-state index contributed by atoms with van der Waals surface area (Å²) in [7, 11) is 0. The van der Waals surface area contributed by atoms with Gasteiger partial charge in [-0.1, -0.05) is 41.6 Å². The third kappa shape index (κ3) is 5.24. The average Bonchev–Trinajstić information content (AvgIpc) is 3.10. The van der Waals surface area contributed by atoms with Crippen molar-refractivity contribution in [1.82, 2.24) is 14.8 Å². The third-order valence-corrected chi connectivity index (χ3v) is 4.68. The van der Waals surface area contributed by atoms with Crippen molar-refractivity contribution in [3.8, 4) is 11.4 Å². The van der Waals surface area contributed by atoms with E-state index in [0.29, 0.717) is 28.4 Å². The smallest absolute Gasteiger partial charge is 0.316 e. The molecule has 0 aliphatic carbocycles. The molecule has 0 fully saturated rings. The number of halogens is 1. The molecular weight excluding hydrogens is 386 g/mol. The van der Waals surface area contributed by atoms with Gasteiger partial charge >= 0.3 is 5.97 Å². The SMILES string of the molecule is CCOC(=O)CSc1nnc(COc2ccc(Cl)cc2)n1-c1ccccc1. The predicted octanol–water partition coefficient (Wildman–Crippen LogP) is 4.15. The number of para-hydroxylation sites is 1. The lowest BCUT2D eigenvalue weighted by Crippen LogP contribution is -2.09. The largest absolute Gasteiger partial charge is 0.486 e. The topological polar surface area (TPSA) is 66.2 Å². The Kier molecular flexibility index (Phi) is 6.73. The van der Waals surface area contributed by atoms with Crippen LogP contribution in [0.15, 0.2) is 59.8 Å². The highest BCUT2D eigenvalue weighted by Gasteiger charge is 2.16. The summed E-state index contributed by atoms with van der Waals surface area (Å²) in [6.45, 7) is 2.36. The first kappa shape index (κ1) is 19.3. The highest BCUT2D eigenvalue weighted by Crippen LogP contribution is 2.23. The summed E-state index contributed by atoms with van der Waals surface area (Å²) in [5, 5.41) is 9.70. The van der Waals surface area contributed by atoms with E-state index in [4.69, 9.17) is 21.1 Å². The predicted molar refractivity (Wildman–Crippen MR) is 105 cm³/mol. The van der Waals surface area contributed by atoms with E-state index < -0.39 is 0 Å². The van der Waals surface area contributed by atoms with Gasteiger partial charge in [0.25, 0.3) is 0 Å². The minimum Gasteiger partial charge on any atom is -0.486 e. The van der Waals surface area contributed by atoms with Crippen molar-refractivity contribution >= 4 is 29.3 Å². The van der Waals surface area contributed by atoms with Gasteiger partial charge in [0, 0.05) is 10.7 Å². The quantitative estimate of drug-likeness (QED) is 0.415. The van der Waals surface area contributed by atoms with Gasteiger partial charge in [0.1, 0.15) is 12.4 Å². The van der Waals surface area contributed by atoms with Crippen molar-refractivity contribution in [3.63, 3.8) is 0 Å². The molecule has 1 aromatic heterocycles. The average molecular weight is 404 g/mol. The summed E-state index contributed by atoms with van der Waals surface area (Å²) in [5.74, 6) is 1.19. The molecule has 0 radical (unpaired) electrons.